The first-order valence-corrected chi connectivity index (χ1v) is 12.0. The highest BCUT2D eigenvalue weighted by Crippen LogP contribution is 2.36. The van der Waals surface area contributed by atoms with Crippen molar-refractivity contribution in [2.24, 2.45) is 0 Å². The van der Waals surface area contributed by atoms with Gasteiger partial charge in [0.1, 0.15) is 5.75 Å². The van der Waals surface area contributed by atoms with Gasteiger partial charge < -0.3 is 14.8 Å². The van der Waals surface area contributed by atoms with E-state index in [0.717, 1.165) is 28.1 Å². The number of hydrogen-bond donors (Lipinski definition) is 1. The van der Waals surface area contributed by atoms with Gasteiger partial charge in [-0.15, -0.1) is 10.2 Å². The summed E-state index contributed by atoms with van der Waals surface area (Å²) in [7, 11) is 1.65. The zero-order chi connectivity index (χ0) is 23.3. The van der Waals surface area contributed by atoms with Gasteiger partial charge in [0.2, 0.25) is 11.0 Å². The number of methoxy groups -OCH3 is 1. The second kappa shape index (κ2) is 10.2. The van der Waals surface area contributed by atoms with Gasteiger partial charge in [0.15, 0.2) is 11.9 Å². The van der Waals surface area contributed by atoms with Crippen LogP contribution >= 0.6 is 23.4 Å². The zero-order valence-corrected chi connectivity index (χ0v) is 19.9. The molecule has 1 N–H and O–H groups in total. The summed E-state index contributed by atoms with van der Waals surface area (Å²) in [6.07, 6.45) is 3.52. The van der Waals surface area contributed by atoms with Gasteiger partial charge in [-0.25, -0.2) is 0 Å². The summed E-state index contributed by atoms with van der Waals surface area (Å²) in [5.41, 5.74) is 4.57. The Balaban J connectivity index is 1.40. The summed E-state index contributed by atoms with van der Waals surface area (Å²) >= 11 is 7.48. The van der Waals surface area contributed by atoms with Crippen LogP contribution in [-0.4, -0.2) is 28.5 Å². The minimum Gasteiger partial charge on any atom is -0.497 e. The van der Waals surface area contributed by atoms with E-state index < -0.39 is 6.23 Å². The van der Waals surface area contributed by atoms with Gasteiger partial charge in [0, 0.05) is 22.0 Å². The lowest BCUT2D eigenvalue weighted by atomic mass is 10.1. The zero-order valence-electron chi connectivity index (χ0n) is 18.3. The Labute approximate surface area is 207 Å². The van der Waals surface area contributed by atoms with Gasteiger partial charge in [0.25, 0.3) is 0 Å². The topological polar surface area (TPSA) is 69.2 Å². The Hall–Kier alpha value is -3.55. The van der Waals surface area contributed by atoms with E-state index in [0.29, 0.717) is 27.5 Å². The second-order valence-corrected chi connectivity index (χ2v) is 8.90. The van der Waals surface area contributed by atoms with Crippen LogP contribution in [0, 0.1) is 0 Å². The number of anilines is 1. The molecule has 5 rings (SSSR count). The van der Waals surface area contributed by atoms with Crippen molar-refractivity contribution >= 4 is 35.1 Å². The Morgan fingerprint density at radius 3 is 2.62 bits per heavy atom. The van der Waals surface area contributed by atoms with E-state index in [1.54, 1.807) is 7.11 Å². The number of halogens is 1. The molecule has 0 amide bonds. The Morgan fingerprint density at radius 1 is 1.03 bits per heavy atom. The number of fused-ring (bicyclic) bond motifs is 3. The van der Waals surface area contributed by atoms with Gasteiger partial charge in [-0.3, -0.25) is 0 Å². The summed E-state index contributed by atoms with van der Waals surface area (Å²) < 4.78 is 11.5. The maximum absolute atomic E-state index is 6.25. The number of nitrogens with one attached hydrogen (secondary N) is 1. The summed E-state index contributed by atoms with van der Waals surface area (Å²) in [6, 6.07) is 23.5. The maximum Gasteiger partial charge on any atom is 0.247 e. The van der Waals surface area contributed by atoms with Crippen molar-refractivity contribution in [3.63, 3.8) is 0 Å². The van der Waals surface area contributed by atoms with Crippen LogP contribution < -0.4 is 14.8 Å². The first-order valence-electron chi connectivity index (χ1n) is 10.6. The lowest BCUT2D eigenvalue weighted by Crippen LogP contribution is -2.23. The van der Waals surface area contributed by atoms with Gasteiger partial charge in [-0.05, 0) is 47.5 Å². The predicted molar refractivity (Wildman–Crippen MR) is 136 cm³/mol. The largest absolute Gasteiger partial charge is 0.497 e. The van der Waals surface area contributed by atoms with Crippen molar-refractivity contribution < 1.29 is 9.47 Å². The van der Waals surface area contributed by atoms with Crippen LogP contribution in [0.15, 0.2) is 84.0 Å². The van der Waals surface area contributed by atoms with Gasteiger partial charge >= 0.3 is 0 Å². The molecule has 4 aromatic rings. The van der Waals surface area contributed by atoms with Crippen molar-refractivity contribution in [2.45, 2.75) is 17.1 Å². The minimum absolute atomic E-state index is 0.435. The Morgan fingerprint density at radius 2 is 1.82 bits per heavy atom. The van der Waals surface area contributed by atoms with Gasteiger partial charge in [-0.1, -0.05) is 71.9 Å². The summed E-state index contributed by atoms with van der Waals surface area (Å²) in [4.78, 5) is 4.68. The van der Waals surface area contributed by atoms with Crippen LogP contribution in [0.1, 0.15) is 11.1 Å². The van der Waals surface area contributed by atoms with E-state index in [4.69, 9.17) is 21.1 Å². The molecule has 1 atom stereocenters. The molecule has 170 valence electrons. The number of aromatic nitrogens is 3. The van der Waals surface area contributed by atoms with Crippen LogP contribution in [0.3, 0.4) is 0 Å². The first-order chi connectivity index (χ1) is 16.7. The highest BCUT2D eigenvalue weighted by atomic mass is 35.5. The molecule has 1 aliphatic rings. The molecule has 8 heteroatoms. The third kappa shape index (κ3) is 5.16. The lowest BCUT2D eigenvalue weighted by Gasteiger charge is -2.15. The molecule has 34 heavy (non-hydrogen) atoms. The molecular formula is C26H21ClN4O2S. The van der Waals surface area contributed by atoms with Crippen LogP contribution in [0.4, 0.5) is 5.69 Å². The fourth-order valence-corrected chi connectivity index (χ4v) is 4.32. The quantitative estimate of drug-likeness (QED) is 0.318. The van der Waals surface area contributed by atoms with E-state index in [9.17, 15) is 0 Å². The summed E-state index contributed by atoms with van der Waals surface area (Å²) in [5.74, 6) is 1.96. The van der Waals surface area contributed by atoms with Crippen molar-refractivity contribution in [2.75, 3.05) is 12.4 Å². The summed E-state index contributed by atoms with van der Waals surface area (Å²) in [6.45, 7) is 0. The average Bonchev–Trinajstić information content (AvgIpc) is 3.03. The molecule has 0 fully saturated rings. The van der Waals surface area contributed by atoms with E-state index in [2.05, 4.69) is 20.5 Å². The molecule has 0 bridgehead atoms. The molecule has 0 saturated heterocycles. The minimum atomic E-state index is -0.435. The van der Waals surface area contributed by atoms with Crippen molar-refractivity contribution in [1.29, 1.82) is 0 Å². The monoisotopic (exact) mass is 488 g/mol. The van der Waals surface area contributed by atoms with Crippen molar-refractivity contribution in [3.05, 3.63) is 95.0 Å². The molecule has 0 radical (unpaired) electrons. The van der Waals surface area contributed by atoms with E-state index in [1.165, 1.54) is 11.8 Å². The highest BCUT2D eigenvalue weighted by molar-refractivity contribution is 7.98. The SMILES string of the molecule is COc1ccc(/C=C/C2Nc3ccccc3-c3nnc(SCc4ccc(Cl)cc4)nc3O2)cc1. The van der Waals surface area contributed by atoms with E-state index in [1.807, 2.05) is 84.9 Å². The second-order valence-electron chi connectivity index (χ2n) is 7.52. The number of hydrogen-bond acceptors (Lipinski definition) is 7. The molecular weight excluding hydrogens is 468 g/mol. The molecule has 2 heterocycles. The molecule has 6 nitrogen and oxygen atoms in total. The number of rotatable bonds is 6. The molecule has 1 aliphatic heterocycles. The molecule has 1 aromatic heterocycles. The molecule has 0 aliphatic carbocycles. The normalized spacial score (nSPS) is 14.5. The lowest BCUT2D eigenvalue weighted by molar-refractivity contribution is 0.266. The number of thioether (sulfide) groups is 1. The fraction of sp³-hybridized carbons (Fsp3) is 0.115. The fourth-order valence-electron chi connectivity index (χ4n) is 3.46. The number of nitrogens with zero attached hydrogens (tertiary/aromatic N) is 3. The summed E-state index contributed by atoms with van der Waals surface area (Å²) in [5, 5.41) is 13.5. The van der Waals surface area contributed by atoms with Crippen LogP contribution in [0.5, 0.6) is 11.6 Å². The average molecular weight is 489 g/mol. The third-order valence-electron chi connectivity index (χ3n) is 5.21. The highest BCUT2D eigenvalue weighted by Gasteiger charge is 2.23. The molecule has 3 aromatic carbocycles. The Kier molecular flexibility index (Phi) is 6.65. The number of para-hydroxylation sites is 1. The first kappa shape index (κ1) is 22.3. The molecule has 0 saturated carbocycles. The van der Waals surface area contributed by atoms with Crippen LogP contribution in [-0.2, 0) is 5.75 Å². The van der Waals surface area contributed by atoms with E-state index in [-0.39, 0.29) is 0 Å². The van der Waals surface area contributed by atoms with Crippen molar-refractivity contribution in [1.82, 2.24) is 15.2 Å². The van der Waals surface area contributed by atoms with Gasteiger partial charge in [0.05, 0.1) is 7.11 Å². The predicted octanol–water partition coefficient (Wildman–Crippen LogP) is 6.34. The third-order valence-corrected chi connectivity index (χ3v) is 6.38. The van der Waals surface area contributed by atoms with Crippen molar-refractivity contribution in [3.8, 4) is 22.9 Å². The standard InChI is InChI=1S/C26H21ClN4O2S/c1-32-20-13-8-17(9-14-20)10-15-23-28-22-5-3-2-4-21(22)24-25(33-23)29-26(31-30-24)34-16-18-6-11-19(27)12-7-18/h2-15,23,28H,16H2,1H3/b15-10+. The van der Waals surface area contributed by atoms with Crippen LogP contribution in [0.2, 0.25) is 5.02 Å². The number of benzene rings is 3. The molecule has 1 unspecified atom stereocenters. The smallest absolute Gasteiger partial charge is 0.247 e. The maximum atomic E-state index is 6.25. The Bertz CT molecular complexity index is 1310. The molecule has 0 spiro atoms. The van der Waals surface area contributed by atoms with E-state index >= 15 is 0 Å². The van der Waals surface area contributed by atoms with Gasteiger partial charge in [-0.2, -0.15) is 4.98 Å². The number of ether oxygens (including phenoxy) is 2. The van der Waals surface area contributed by atoms with Crippen LogP contribution in [0.25, 0.3) is 17.3 Å².